The molecule has 1 saturated carbocycles. The quantitative estimate of drug-likeness (QED) is 0.447. The number of nitrogen functional groups attached to an aromatic ring is 1. The Labute approximate surface area is 109 Å². The zero-order chi connectivity index (χ0) is 13.0. The lowest BCUT2D eigenvalue weighted by atomic mass is 10.3. The van der Waals surface area contributed by atoms with Crippen LogP contribution in [-0.4, -0.2) is 28.4 Å². The number of hydrogen-bond acceptors (Lipinski definition) is 6. The Morgan fingerprint density at radius 1 is 1.72 bits per heavy atom. The normalized spacial score (nSPS) is 14.5. The van der Waals surface area contributed by atoms with Gasteiger partial charge >= 0.3 is 0 Å². The Morgan fingerprint density at radius 3 is 3.11 bits per heavy atom. The van der Waals surface area contributed by atoms with Crippen molar-refractivity contribution in [1.29, 1.82) is 5.26 Å². The van der Waals surface area contributed by atoms with Crippen LogP contribution >= 0.6 is 11.3 Å². The molecule has 0 spiro atoms. The van der Waals surface area contributed by atoms with Gasteiger partial charge in [-0.25, -0.2) is 10.8 Å². The third-order valence-electron chi connectivity index (χ3n) is 2.82. The van der Waals surface area contributed by atoms with Crippen LogP contribution in [0.1, 0.15) is 34.8 Å². The van der Waals surface area contributed by atoms with Crippen LogP contribution in [0.4, 0.5) is 0 Å². The minimum absolute atomic E-state index is 0.360. The molecule has 0 aromatic carbocycles. The van der Waals surface area contributed by atoms with E-state index in [4.69, 9.17) is 11.1 Å². The van der Waals surface area contributed by atoms with Crippen molar-refractivity contribution in [3.63, 3.8) is 0 Å². The summed E-state index contributed by atoms with van der Waals surface area (Å²) >= 11 is 1.29. The number of amides is 1. The molecule has 1 aliphatic rings. The summed E-state index contributed by atoms with van der Waals surface area (Å²) in [6.45, 7) is 1.46. The Balaban J connectivity index is 1.96. The van der Waals surface area contributed by atoms with Gasteiger partial charge in [0.05, 0.1) is 11.8 Å². The zero-order valence-corrected chi connectivity index (χ0v) is 10.7. The van der Waals surface area contributed by atoms with Gasteiger partial charge in [0.25, 0.3) is 5.91 Å². The Kier molecular flexibility index (Phi) is 4.25. The average Bonchev–Trinajstić information content (AvgIpc) is 3.13. The molecule has 0 atom stereocenters. The van der Waals surface area contributed by atoms with E-state index in [1.807, 2.05) is 5.38 Å². The third-order valence-corrected chi connectivity index (χ3v) is 3.71. The van der Waals surface area contributed by atoms with E-state index in [-0.39, 0.29) is 5.91 Å². The number of nitrogens with one attached hydrogen (secondary N) is 1. The highest BCUT2D eigenvalue weighted by Crippen LogP contribution is 2.28. The molecule has 18 heavy (non-hydrogen) atoms. The predicted octanol–water partition coefficient (Wildman–Crippen LogP) is 0.625. The summed E-state index contributed by atoms with van der Waals surface area (Å²) in [6.07, 6.45) is 2.90. The summed E-state index contributed by atoms with van der Waals surface area (Å²) in [5.74, 6) is 4.70. The Morgan fingerprint density at radius 2 is 2.50 bits per heavy atom. The van der Waals surface area contributed by atoms with Crippen molar-refractivity contribution in [2.45, 2.75) is 31.8 Å². The molecule has 1 aliphatic carbocycles. The summed E-state index contributed by atoms with van der Waals surface area (Å²) in [5, 5.41) is 10.9. The number of rotatable bonds is 6. The topological polar surface area (TPSA) is 95.0 Å². The molecule has 0 radical (unpaired) electrons. The van der Waals surface area contributed by atoms with E-state index in [0.717, 1.165) is 12.2 Å². The van der Waals surface area contributed by atoms with Crippen LogP contribution in [0.3, 0.4) is 0 Å². The van der Waals surface area contributed by atoms with E-state index in [1.165, 1.54) is 24.2 Å². The average molecular weight is 265 g/mol. The number of nitrogens with zero attached hydrogens (tertiary/aromatic N) is 3. The second-order valence-electron chi connectivity index (χ2n) is 4.23. The molecular weight excluding hydrogens is 250 g/mol. The Hall–Kier alpha value is -1.49. The second-order valence-corrected chi connectivity index (χ2v) is 5.09. The van der Waals surface area contributed by atoms with Gasteiger partial charge in [-0.15, -0.1) is 11.3 Å². The number of nitrogens with two attached hydrogens (primary N) is 1. The molecule has 0 saturated heterocycles. The molecule has 7 heteroatoms. The maximum atomic E-state index is 11.3. The lowest BCUT2D eigenvalue weighted by Crippen LogP contribution is -2.30. The minimum Gasteiger partial charge on any atom is -0.294 e. The summed E-state index contributed by atoms with van der Waals surface area (Å²) in [6, 6.07) is 2.73. The van der Waals surface area contributed by atoms with E-state index in [2.05, 4.69) is 21.4 Å². The first kappa shape index (κ1) is 13.0. The predicted molar refractivity (Wildman–Crippen MR) is 67.4 cm³/mol. The number of carbonyl (C=O) groups is 1. The van der Waals surface area contributed by atoms with Crippen molar-refractivity contribution in [2.24, 2.45) is 5.84 Å². The molecule has 0 aliphatic heterocycles. The van der Waals surface area contributed by atoms with E-state index >= 15 is 0 Å². The van der Waals surface area contributed by atoms with Gasteiger partial charge in [-0.05, 0) is 12.8 Å². The van der Waals surface area contributed by atoms with Crippen molar-refractivity contribution in [2.75, 3.05) is 6.54 Å². The second kappa shape index (κ2) is 5.91. The smallest absolute Gasteiger partial charge is 0.294 e. The first-order chi connectivity index (χ1) is 8.74. The van der Waals surface area contributed by atoms with Crippen LogP contribution in [0.15, 0.2) is 5.38 Å². The van der Waals surface area contributed by atoms with Crippen molar-refractivity contribution < 1.29 is 4.79 Å². The fourth-order valence-electron chi connectivity index (χ4n) is 1.78. The molecule has 1 aromatic rings. The lowest BCUT2D eigenvalue weighted by Gasteiger charge is -2.19. The highest BCUT2D eigenvalue weighted by Gasteiger charge is 2.29. The fraction of sp³-hybridized carbons (Fsp3) is 0.545. The number of hydrogen-bond donors (Lipinski definition) is 2. The summed E-state index contributed by atoms with van der Waals surface area (Å²) < 4.78 is 0. The molecule has 1 fully saturated rings. The number of carbonyl (C=O) groups excluding carboxylic acids is 1. The monoisotopic (exact) mass is 265 g/mol. The summed E-state index contributed by atoms with van der Waals surface area (Å²) in [4.78, 5) is 17.8. The van der Waals surface area contributed by atoms with Crippen LogP contribution in [0, 0.1) is 11.3 Å². The summed E-state index contributed by atoms with van der Waals surface area (Å²) in [7, 11) is 0. The van der Waals surface area contributed by atoms with Gasteiger partial charge in [0, 0.05) is 30.9 Å². The molecule has 6 nitrogen and oxygen atoms in total. The zero-order valence-electron chi connectivity index (χ0n) is 9.93. The number of nitriles is 1. The van der Waals surface area contributed by atoms with Gasteiger partial charge in [-0.1, -0.05) is 0 Å². The molecule has 1 aromatic heterocycles. The SMILES string of the molecule is N#CCCN(Cc1csc(C(=O)NN)n1)C1CC1. The first-order valence-electron chi connectivity index (χ1n) is 5.81. The van der Waals surface area contributed by atoms with Crippen LogP contribution in [0.5, 0.6) is 0 Å². The molecule has 1 heterocycles. The first-order valence-corrected chi connectivity index (χ1v) is 6.69. The van der Waals surface area contributed by atoms with Gasteiger partial charge in [0.1, 0.15) is 0 Å². The van der Waals surface area contributed by atoms with Crippen molar-refractivity contribution in [3.05, 3.63) is 16.1 Å². The van der Waals surface area contributed by atoms with Crippen LogP contribution in [-0.2, 0) is 6.54 Å². The maximum Gasteiger partial charge on any atom is 0.294 e. The molecule has 1 amide bonds. The largest absolute Gasteiger partial charge is 0.294 e. The molecule has 96 valence electrons. The van der Waals surface area contributed by atoms with Gasteiger partial charge in [0.2, 0.25) is 0 Å². The van der Waals surface area contributed by atoms with E-state index in [9.17, 15) is 4.79 Å². The number of aromatic nitrogens is 1. The molecule has 0 unspecified atom stereocenters. The Bertz CT molecular complexity index is 462. The van der Waals surface area contributed by atoms with Crippen molar-refractivity contribution in [3.8, 4) is 6.07 Å². The molecule has 3 N–H and O–H groups in total. The van der Waals surface area contributed by atoms with Gasteiger partial charge in [0.15, 0.2) is 5.01 Å². The lowest BCUT2D eigenvalue weighted by molar-refractivity contribution is 0.0953. The standard InChI is InChI=1S/C11H15N5OS/c12-4-1-5-16(9-2-3-9)6-8-7-18-11(14-8)10(17)15-13/h7,9H,1-3,5-6,13H2,(H,15,17). The number of thiazole rings is 1. The maximum absolute atomic E-state index is 11.3. The van der Waals surface area contributed by atoms with Crippen LogP contribution in [0.25, 0.3) is 0 Å². The molecule has 0 bridgehead atoms. The van der Waals surface area contributed by atoms with Crippen LogP contribution in [0.2, 0.25) is 0 Å². The van der Waals surface area contributed by atoms with Crippen LogP contribution < -0.4 is 11.3 Å². The van der Waals surface area contributed by atoms with E-state index in [1.54, 1.807) is 0 Å². The molecular formula is C11H15N5OS. The summed E-state index contributed by atoms with van der Waals surface area (Å²) in [5.41, 5.74) is 2.93. The number of hydrazine groups is 1. The van der Waals surface area contributed by atoms with Gasteiger partial charge in [-0.2, -0.15) is 5.26 Å². The minimum atomic E-state index is -0.360. The third kappa shape index (κ3) is 3.26. The van der Waals surface area contributed by atoms with E-state index in [0.29, 0.717) is 24.0 Å². The van der Waals surface area contributed by atoms with Crippen molar-refractivity contribution in [1.82, 2.24) is 15.3 Å². The van der Waals surface area contributed by atoms with Crippen molar-refractivity contribution >= 4 is 17.2 Å². The fourth-order valence-corrected chi connectivity index (χ4v) is 2.49. The highest BCUT2D eigenvalue weighted by atomic mass is 32.1. The highest BCUT2D eigenvalue weighted by molar-refractivity contribution is 7.11. The van der Waals surface area contributed by atoms with Gasteiger partial charge < -0.3 is 0 Å². The van der Waals surface area contributed by atoms with E-state index < -0.39 is 0 Å². The molecule has 2 rings (SSSR count). The van der Waals surface area contributed by atoms with Gasteiger partial charge in [-0.3, -0.25) is 15.1 Å².